The number of nitriles is 1. The fraction of sp³-hybridized carbons (Fsp3) is 0.778. The Bertz CT molecular complexity index is 581. The lowest BCUT2D eigenvalue weighted by Crippen LogP contribution is -2.45. The minimum Gasteiger partial charge on any atom is -0.465 e. The third kappa shape index (κ3) is 7.63. The topological polar surface area (TPSA) is 112 Å². The number of hydrogen-bond donors (Lipinski definition) is 1. The van der Waals surface area contributed by atoms with Gasteiger partial charge in [0.15, 0.2) is 0 Å². The number of carbonyl (C=O) groups excluding carboxylic acids is 3. The van der Waals surface area contributed by atoms with E-state index in [0.29, 0.717) is 25.9 Å². The second kappa shape index (κ2) is 13.6. The predicted molar refractivity (Wildman–Crippen MR) is 110 cm³/mol. The lowest BCUT2D eigenvalue weighted by atomic mass is 10.1. The SMILES string of the molecule is CCOC(=O)CN(CC(=O)OCC)[C@@H]1CN[C@H](C(=O)N2CCC[C@H]2C#N)C1.Cl.Cl. The Morgan fingerprint density at radius 1 is 1.14 bits per heavy atom. The van der Waals surface area contributed by atoms with Crippen LogP contribution in [-0.4, -0.2) is 85.2 Å². The highest BCUT2D eigenvalue weighted by atomic mass is 35.5. The zero-order valence-corrected chi connectivity index (χ0v) is 18.4. The molecule has 0 radical (unpaired) electrons. The Morgan fingerprint density at radius 2 is 1.72 bits per heavy atom. The van der Waals surface area contributed by atoms with E-state index in [1.54, 1.807) is 23.6 Å². The third-order valence-electron chi connectivity index (χ3n) is 4.88. The van der Waals surface area contributed by atoms with Gasteiger partial charge < -0.3 is 19.7 Å². The molecule has 2 aliphatic heterocycles. The summed E-state index contributed by atoms with van der Waals surface area (Å²) in [5, 5.41) is 12.4. The van der Waals surface area contributed by atoms with Crippen molar-refractivity contribution in [1.82, 2.24) is 15.1 Å². The molecule has 29 heavy (non-hydrogen) atoms. The lowest BCUT2D eigenvalue weighted by molar-refractivity contribution is -0.149. The number of hydrogen-bond acceptors (Lipinski definition) is 8. The van der Waals surface area contributed by atoms with Crippen LogP contribution in [0.5, 0.6) is 0 Å². The number of rotatable bonds is 8. The molecule has 1 N–H and O–H groups in total. The standard InChI is InChI=1S/C18H28N4O5.2ClH/c1-3-26-16(23)11-21(12-17(24)27-4-2)14-8-15(20-10-14)18(25)22-7-5-6-13(22)9-19;;/h13-15,20H,3-8,10-12H2,1-2H3;2*1H/t13-,14-,15-;;/m0../s1. The molecule has 0 aromatic heterocycles. The maximum absolute atomic E-state index is 12.7. The Balaban J connectivity index is 0.00000392. The summed E-state index contributed by atoms with van der Waals surface area (Å²) in [6.45, 7) is 4.97. The van der Waals surface area contributed by atoms with Crippen molar-refractivity contribution in [3.63, 3.8) is 0 Å². The molecule has 11 heteroatoms. The fourth-order valence-electron chi connectivity index (χ4n) is 3.61. The van der Waals surface area contributed by atoms with Gasteiger partial charge >= 0.3 is 11.9 Å². The second-order valence-electron chi connectivity index (χ2n) is 6.68. The summed E-state index contributed by atoms with van der Waals surface area (Å²) in [4.78, 5) is 39.9. The molecule has 2 heterocycles. The molecule has 2 saturated heterocycles. The molecule has 2 fully saturated rings. The lowest BCUT2D eigenvalue weighted by Gasteiger charge is -2.27. The summed E-state index contributed by atoms with van der Waals surface area (Å²) < 4.78 is 9.99. The van der Waals surface area contributed by atoms with Gasteiger partial charge in [-0.3, -0.25) is 19.3 Å². The predicted octanol–water partition coefficient (Wildman–Crippen LogP) is 0.503. The van der Waals surface area contributed by atoms with Gasteiger partial charge in [-0.05, 0) is 33.1 Å². The zero-order chi connectivity index (χ0) is 19.8. The molecular weight excluding hydrogens is 423 g/mol. The van der Waals surface area contributed by atoms with Crippen LogP contribution in [0.25, 0.3) is 0 Å². The summed E-state index contributed by atoms with van der Waals surface area (Å²) >= 11 is 0. The van der Waals surface area contributed by atoms with Crippen molar-refractivity contribution in [2.75, 3.05) is 39.4 Å². The van der Waals surface area contributed by atoms with Crippen molar-refractivity contribution >= 4 is 42.7 Å². The Labute approximate surface area is 183 Å². The van der Waals surface area contributed by atoms with E-state index in [1.165, 1.54) is 0 Å². The molecule has 0 aliphatic carbocycles. The second-order valence-corrected chi connectivity index (χ2v) is 6.68. The van der Waals surface area contributed by atoms with Crippen LogP contribution < -0.4 is 5.32 Å². The van der Waals surface area contributed by atoms with E-state index in [4.69, 9.17) is 9.47 Å². The van der Waals surface area contributed by atoms with E-state index in [0.717, 1.165) is 6.42 Å². The minimum absolute atomic E-state index is 0. The fourth-order valence-corrected chi connectivity index (χ4v) is 3.61. The molecule has 166 valence electrons. The number of carbonyl (C=O) groups is 3. The Kier molecular flexibility index (Phi) is 12.8. The van der Waals surface area contributed by atoms with Crippen molar-refractivity contribution in [2.45, 2.75) is 51.2 Å². The molecule has 9 nitrogen and oxygen atoms in total. The number of nitrogens with zero attached hydrogens (tertiary/aromatic N) is 3. The average Bonchev–Trinajstić information content (AvgIpc) is 3.30. The van der Waals surface area contributed by atoms with Crippen LogP contribution in [-0.2, 0) is 23.9 Å². The molecule has 1 amide bonds. The molecule has 0 saturated carbocycles. The number of halogens is 2. The summed E-state index contributed by atoms with van der Waals surface area (Å²) in [5.74, 6) is -0.921. The molecule has 0 spiro atoms. The van der Waals surface area contributed by atoms with Gasteiger partial charge in [0.1, 0.15) is 6.04 Å². The van der Waals surface area contributed by atoms with Gasteiger partial charge in [0.25, 0.3) is 0 Å². The van der Waals surface area contributed by atoms with Gasteiger partial charge in [-0.25, -0.2) is 0 Å². The van der Waals surface area contributed by atoms with Crippen LogP contribution in [0.2, 0.25) is 0 Å². The van der Waals surface area contributed by atoms with Crippen molar-refractivity contribution in [3.05, 3.63) is 0 Å². The minimum atomic E-state index is -0.421. The van der Waals surface area contributed by atoms with Crippen LogP contribution >= 0.6 is 24.8 Å². The van der Waals surface area contributed by atoms with Gasteiger partial charge in [-0.15, -0.1) is 24.8 Å². The quantitative estimate of drug-likeness (QED) is 0.529. The first-order valence-corrected chi connectivity index (χ1v) is 9.48. The third-order valence-corrected chi connectivity index (χ3v) is 4.88. The van der Waals surface area contributed by atoms with Gasteiger partial charge in [0.2, 0.25) is 5.91 Å². The number of likely N-dealkylation sites (tertiary alicyclic amines) is 1. The van der Waals surface area contributed by atoms with E-state index in [-0.39, 0.29) is 69.1 Å². The van der Waals surface area contributed by atoms with Crippen LogP contribution in [0.1, 0.15) is 33.1 Å². The molecule has 0 aromatic rings. The molecular formula is C18H30Cl2N4O5. The van der Waals surface area contributed by atoms with Gasteiger partial charge in [-0.1, -0.05) is 0 Å². The van der Waals surface area contributed by atoms with E-state index in [1.807, 2.05) is 0 Å². The Hall–Kier alpha value is -1.60. The van der Waals surface area contributed by atoms with E-state index >= 15 is 0 Å². The maximum atomic E-state index is 12.7. The first-order chi connectivity index (χ1) is 13.0. The Morgan fingerprint density at radius 3 is 2.24 bits per heavy atom. The summed E-state index contributed by atoms with van der Waals surface area (Å²) in [7, 11) is 0. The van der Waals surface area contributed by atoms with Crippen molar-refractivity contribution in [2.24, 2.45) is 0 Å². The monoisotopic (exact) mass is 452 g/mol. The van der Waals surface area contributed by atoms with Crippen molar-refractivity contribution in [3.8, 4) is 6.07 Å². The first-order valence-electron chi connectivity index (χ1n) is 9.48. The molecule has 2 aliphatic rings. The molecule has 3 atom stereocenters. The summed E-state index contributed by atoms with van der Waals surface area (Å²) in [6.07, 6.45) is 2.00. The van der Waals surface area contributed by atoms with Gasteiger partial charge in [0, 0.05) is 19.1 Å². The number of nitrogens with one attached hydrogen (secondary N) is 1. The molecule has 0 aromatic carbocycles. The highest BCUT2D eigenvalue weighted by molar-refractivity contribution is 5.85. The highest BCUT2D eigenvalue weighted by Crippen LogP contribution is 2.22. The largest absolute Gasteiger partial charge is 0.465 e. The van der Waals surface area contributed by atoms with Crippen molar-refractivity contribution in [1.29, 1.82) is 5.26 Å². The molecule has 0 bridgehead atoms. The van der Waals surface area contributed by atoms with Crippen LogP contribution in [0.15, 0.2) is 0 Å². The maximum Gasteiger partial charge on any atom is 0.320 e. The smallest absolute Gasteiger partial charge is 0.320 e. The summed E-state index contributed by atoms with van der Waals surface area (Å²) in [6, 6.07) is 1.22. The van der Waals surface area contributed by atoms with Crippen LogP contribution in [0, 0.1) is 11.3 Å². The van der Waals surface area contributed by atoms with E-state index in [9.17, 15) is 19.6 Å². The van der Waals surface area contributed by atoms with E-state index in [2.05, 4.69) is 11.4 Å². The van der Waals surface area contributed by atoms with Gasteiger partial charge in [-0.2, -0.15) is 5.26 Å². The number of esters is 2. The van der Waals surface area contributed by atoms with Gasteiger partial charge in [0.05, 0.1) is 38.4 Å². The first kappa shape index (κ1) is 27.4. The number of amides is 1. The number of ether oxygens (including phenoxy) is 2. The summed E-state index contributed by atoms with van der Waals surface area (Å²) in [5.41, 5.74) is 0. The molecule has 2 rings (SSSR count). The van der Waals surface area contributed by atoms with E-state index < -0.39 is 18.0 Å². The average molecular weight is 453 g/mol. The van der Waals surface area contributed by atoms with Crippen LogP contribution in [0.3, 0.4) is 0 Å². The zero-order valence-electron chi connectivity index (χ0n) is 16.8. The van der Waals surface area contributed by atoms with Crippen molar-refractivity contribution < 1.29 is 23.9 Å². The van der Waals surface area contributed by atoms with Crippen LogP contribution in [0.4, 0.5) is 0 Å². The highest BCUT2D eigenvalue weighted by Gasteiger charge is 2.39. The normalized spacial score (nSPS) is 23.0. The molecule has 0 unspecified atom stereocenters.